The first-order valence-electron chi connectivity index (χ1n) is 5.84. The van der Waals surface area contributed by atoms with Crippen LogP contribution in [0.1, 0.15) is 36.1 Å². The number of ketones is 1. The third kappa shape index (κ3) is 5.90. The third-order valence-electron chi connectivity index (χ3n) is 2.24. The predicted molar refractivity (Wildman–Crippen MR) is 84.5 cm³/mol. The molecule has 1 N–H and O–H groups in total. The third-order valence-corrected chi connectivity index (χ3v) is 3.12. The van der Waals surface area contributed by atoms with Gasteiger partial charge >= 0.3 is 0 Å². The molecule has 1 atom stereocenters. The molecular formula is C14H14Br2N2O2. The second-order valence-corrected chi connectivity index (χ2v) is 5.59. The Morgan fingerprint density at radius 3 is 2.00 bits per heavy atom. The first-order valence-corrected chi connectivity index (χ1v) is 7.42. The van der Waals surface area contributed by atoms with Gasteiger partial charge < -0.3 is 5.11 Å². The maximum absolute atomic E-state index is 10.7. The van der Waals surface area contributed by atoms with Crippen LogP contribution in [0, 0.1) is 0 Å². The molecule has 106 valence electrons. The quantitative estimate of drug-likeness (QED) is 0.611. The summed E-state index contributed by atoms with van der Waals surface area (Å²) in [5.74, 6) is -0.0127. The minimum absolute atomic E-state index is 0.0127. The van der Waals surface area contributed by atoms with Crippen molar-refractivity contribution in [2.75, 3.05) is 0 Å². The smallest absolute Gasteiger partial charge is 0.178 e. The topological polar surface area (TPSA) is 63.1 Å². The van der Waals surface area contributed by atoms with E-state index >= 15 is 0 Å². The predicted octanol–water partition coefficient (Wildman–Crippen LogP) is 3.94. The molecule has 2 aromatic rings. The van der Waals surface area contributed by atoms with Crippen LogP contribution >= 0.6 is 31.9 Å². The molecule has 0 bridgehead atoms. The second kappa shape index (κ2) is 8.24. The maximum atomic E-state index is 10.7. The maximum Gasteiger partial charge on any atom is 0.178 e. The van der Waals surface area contributed by atoms with Gasteiger partial charge in [0.1, 0.15) is 14.9 Å². The lowest BCUT2D eigenvalue weighted by Gasteiger charge is -2.01. The van der Waals surface area contributed by atoms with Gasteiger partial charge in [-0.05, 0) is 63.0 Å². The van der Waals surface area contributed by atoms with Crippen molar-refractivity contribution >= 4 is 37.6 Å². The summed E-state index contributed by atoms with van der Waals surface area (Å²) in [5.41, 5.74) is 1.18. The van der Waals surface area contributed by atoms with Crippen molar-refractivity contribution in [3.05, 3.63) is 57.0 Å². The number of carbonyl (C=O) groups is 1. The Morgan fingerprint density at radius 2 is 1.65 bits per heavy atom. The standard InChI is InChI=1S/C7H8BrNO.C7H6BrNO/c2*1-5(10)6-3-2-4-7(8)9-6/h2-5,10H,1H3;2-4H,1H3/t5-;/m1./s1. The Kier molecular flexibility index (Phi) is 6.98. The molecule has 20 heavy (non-hydrogen) atoms. The molecule has 0 aliphatic heterocycles. The van der Waals surface area contributed by atoms with Gasteiger partial charge in [0.2, 0.25) is 0 Å². The van der Waals surface area contributed by atoms with Crippen molar-refractivity contribution in [2.24, 2.45) is 0 Å². The molecule has 0 aromatic carbocycles. The molecular weight excluding hydrogens is 388 g/mol. The van der Waals surface area contributed by atoms with Crippen LogP contribution in [0.25, 0.3) is 0 Å². The summed E-state index contributed by atoms with van der Waals surface area (Å²) in [6.45, 7) is 3.18. The average molecular weight is 402 g/mol. The molecule has 6 heteroatoms. The van der Waals surface area contributed by atoms with Gasteiger partial charge in [0, 0.05) is 6.92 Å². The van der Waals surface area contributed by atoms with Crippen LogP contribution in [0.2, 0.25) is 0 Å². The van der Waals surface area contributed by atoms with E-state index in [4.69, 9.17) is 5.11 Å². The number of aromatic nitrogens is 2. The van der Waals surface area contributed by atoms with Crippen molar-refractivity contribution in [3.8, 4) is 0 Å². The monoisotopic (exact) mass is 400 g/mol. The number of Topliss-reactive ketones (excluding diaryl/α,β-unsaturated/α-hetero) is 1. The van der Waals surface area contributed by atoms with Gasteiger partial charge in [-0.25, -0.2) is 9.97 Å². The lowest BCUT2D eigenvalue weighted by molar-refractivity contribution is 0.101. The van der Waals surface area contributed by atoms with Crippen molar-refractivity contribution in [3.63, 3.8) is 0 Å². The molecule has 2 aromatic heterocycles. The van der Waals surface area contributed by atoms with Crippen molar-refractivity contribution in [1.82, 2.24) is 9.97 Å². The molecule has 0 saturated carbocycles. The van der Waals surface area contributed by atoms with E-state index in [1.54, 1.807) is 31.2 Å². The first-order chi connectivity index (χ1) is 9.40. The molecule has 2 rings (SSSR count). The minimum Gasteiger partial charge on any atom is -0.387 e. The fraction of sp³-hybridized carbons (Fsp3) is 0.214. The van der Waals surface area contributed by atoms with E-state index in [9.17, 15) is 4.79 Å². The molecule has 0 unspecified atom stereocenters. The van der Waals surface area contributed by atoms with Crippen LogP contribution < -0.4 is 0 Å². The van der Waals surface area contributed by atoms with Gasteiger partial charge in [0.05, 0.1) is 11.8 Å². The molecule has 0 aliphatic carbocycles. The van der Waals surface area contributed by atoms with Crippen molar-refractivity contribution in [2.45, 2.75) is 20.0 Å². The van der Waals surface area contributed by atoms with E-state index in [1.807, 2.05) is 12.1 Å². The van der Waals surface area contributed by atoms with Crippen LogP contribution in [0.5, 0.6) is 0 Å². The first kappa shape index (κ1) is 16.9. The van der Waals surface area contributed by atoms with Crippen LogP contribution in [0.15, 0.2) is 45.6 Å². The highest BCUT2D eigenvalue weighted by molar-refractivity contribution is 9.10. The normalized spacial score (nSPS) is 11.2. The molecule has 0 radical (unpaired) electrons. The zero-order chi connectivity index (χ0) is 15.1. The fourth-order valence-corrected chi connectivity index (χ4v) is 1.96. The average Bonchev–Trinajstić information content (AvgIpc) is 2.39. The zero-order valence-corrected chi connectivity index (χ0v) is 14.2. The Morgan fingerprint density at radius 1 is 1.10 bits per heavy atom. The lowest BCUT2D eigenvalue weighted by Crippen LogP contribution is -1.95. The van der Waals surface area contributed by atoms with Crippen LogP contribution in [-0.4, -0.2) is 20.9 Å². The van der Waals surface area contributed by atoms with Crippen LogP contribution in [0.3, 0.4) is 0 Å². The summed E-state index contributed by atoms with van der Waals surface area (Å²) >= 11 is 6.38. The van der Waals surface area contributed by atoms with E-state index in [2.05, 4.69) is 41.8 Å². The summed E-state index contributed by atoms with van der Waals surface area (Å²) in [6, 6.07) is 10.7. The summed E-state index contributed by atoms with van der Waals surface area (Å²) in [5, 5.41) is 9.06. The van der Waals surface area contributed by atoms with Crippen LogP contribution in [0.4, 0.5) is 0 Å². The number of carbonyl (C=O) groups excluding carboxylic acids is 1. The van der Waals surface area contributed by atoms with Gasteiger partial charge in [-0.3, -0.25) is 4.79 Å². The van der Waals surface area contributed by atoms with E-state index in [1.165, 1.54) is 6.92 Å². The number of halogens is 2. The number of aliphatic hydroxyl groups is 1. The second-order valence-electron chi connectivity index (χ2n) is 3.96. The number of pyridine rings is 2. The molecule has 0 saturated heterocycles. The number of hydrogen-bond acceptors (Lipinski definition) is 4. The summed E-state index contributed by atoms with van der Waals surface area (Å²) in [7, 11) is 0. The molecule has 0 amide bonds. The molecule has 4 nitrogen and oxygen atoms in total. The largest absolute Gasteiger partial charge is 0.387 e. The summed E-state index contributed by atoms with van der Waals surface area (Å²) in [6.07, 6.45) is -0.488. The molecule has 2 heterocycles. The number of rotatable bonds is 2. The Hall–Kier alpha value is -1.11. The van der Waals surface area contributed by atoms with Crippen molar-refractivity contribution < 1.29 is 9.90 Å². The molecule has 0 spiro atoms. The Bertz CT molecular complexity index is 589. The van der Waals surface area contributed by atoms with Gasteiger partial charge in [-0.1, -0.05) is 12.1 Å². The Labute approximate surface area is 134 Å². The number of aliphatic hydroxyl groups excluding tert-OH is 1. The van der Waals surface area contributed by atoms with Gasteiger partial charge in [-0.2, -0.15) is 0 Å². The van der Waals surface area contributed by atoms with E-state index in [0.717, 1.165) is 4.60 Å². The van der Waals surface area contributed by atoms with E-state index in [-0.39, 0.29) is 5.78 Å². The number of hydrogen-bond donors (Lipinski definition) is 1. The van der Waals surface area contributed by atoms with E-state index in [0.29, 0.717) is 16.0 Å². The highest BCUT2D eigenvalue weighted by Gasteiger charge is 2.00. The highest BCUT2D eigenvalue weighted by Crippen LogP contribution is 2.12. The zero-order valence-electron chi connectivity index (χ0n) is 11.0. The van der Waals surface area contributed by atoms with Gasteiger partial charge in [0.15, 0.2) is 5.78 Å². The van der Waals surface area contributed by atoms with Gasteiger partial charge in [0.25, 0.3) is 0 Å². The van der Waals surface area contributed by atoms with Crippen molar-refractivity contribution in [1.29, 1.82) is 0 Å². The lowest BCUT2D eigenvalue weighted by atomic mass is 10.2. The summed E-state index contributed by atoms with van der Waals surface area (Å²) in [4.78, 5) is 18.7. The molecule has 0 fully saturated rings. The van der Waals surface area contributed by atoms with Gasteiger partial charge in [-0.15, -0.1) is 0 Å². The fourth-order valence-electron chi connectivity index (χ4n) is 1.26. The minimum atomic E-state index is -0.488. The molecule has 0 aliphatic rings. The number of nitrogens with zero attached hydrogens (tertiary/aromatic N) is 2. The van der Waals surface area contributed by atoms with Crippen LogP contribution in [-0.2, 0) is 0 Å². The summed E-state index contributed by atoms with van der Waals surface area (Å²) < 4.78 is 1.45. The highest BCUT2D eigenvalue weighted by atomic mass is 79.9. The van der Waals surface area contributed by atoms with E-state index < -0.39 is 6.10 Å². The Balaban J connectivity index is 0.000000200. The SMILES string of the molecule is CC(=O)c1cccc(Br)n1.C[C@@H](O)c1cccc(Br)n1.